The Morgan fingerprint density at radius 1 is 1.20 bits per heavy atom. The van der Waals surface area contributed by atoms with E-state index in [9.17, 15) is 18.0 Å². The van der Waals surface area contributed by atoms with Crippen molar-refractivity contribution in [3.05, 3.63) is 0 Å². The van der Waals surface area contributed by atoms with Gasteiger partial charge in [-0.15, -0.1) is 0 Å². The summed E-state index contributed by atoms with van der Waals surface area (Å²) in [5.41, 5.74) is 0. The van der Waals surface area contributed by atoms with Gasteiger partial charge in [0, 0.05) is 13.1 Å². The SMILES string of the molecule is CCCCC(NC(=O)NCCCNS(C)(=O)=O)C(=O)O. The maximum Gasteiger partial charge on any atom is 0.326 e. The van der Waals surface area contributed by atoms with E-state index in [0.717, 1.165) is 19.1 Å². The molecule has 0 aliphatic heterocycles. The Morgan fingerprint density at radius 2 is 1.85 bits per heavy atom. The summed E-state index contributed by atoms with van der Waals surface area (Å²) in [6.07, 6.45) is 3.43. The normalized spacial score (nSPS) is 12.7. The average Bonchev–Trinajstić information content (AvgIpc) is 2.32. The van der Waals surface area contributed by atoms with E-state index >= 15 is 0 Å². The van der Waals surface area contributed by atoms with Crippen LogP contribution in [0.25, 0.3) is 0 Å². The second-order valence-corrected chi connectivity index (χ2v) is 6.29. The predicted octanol–water partition coefficient (Wildman–Crippen LogP) is -0.132. The van der Waals surface area contributed by atoms with Crippen LogP contribution >= 0.6 is 0 Å². The minimum atomic E-state index is -3.22. The summed E-state index contributed by atoms with van der Waals surface area (Å²) in [6, 6.07) is -1.46. The Hall–Kier alpha value is -1.35. The molecule has 0 fully saturated rings. The molecule has 0 radical (unpaired) electrons. The Labute approximate surface area is 119 Å². The fourth-order valence-corrected chi connectivity index (χ4v) is 1.94. The number of unbranched alkanes of at least 4 members (excludes halogenated alkanes) is 1. The number of rotatable bonds is 10. The van der Waals surface area contributed by atoms with Crippen LogP contribution in [-0.2, 0) is 14.8 Å². The highest BCUT2D eigenvalue weighted by atomic mass is 32.2. The Kier molecular flexibility index (Phi) is 8.89. The van der Waals surface area contributed by atoms with Gasteiger partial charge in [0.2, 0.25) is 10.0 Å². The molecule has 1 atom stereocenters. The van der Waals surface area contributed by atoms with Crippen LogP contribution in [0, 0.1) is 0 Å². The van der Waals surface area contributed by atoms with Crippen molar-refractivity contribution in [1.29, 1.82) is 0 Å². The third-order valence-corrected chi connectivity index (χ3v) is 3.18. The van der Waals surface area contributed by atoms with Gasteiger partial charge in [0.15, 0.2) is 0 Å². The minimum absolute atomic E-state index is 0.220. The maximum atomic E-state index is 11.5. The molecule has 20 heavy (non-hydrogen) atoms. The zero-order valence-electron chi connectivity index (χ0n) is 11.8. The predicted molar refractivity (Wildman–Crippen MR) is 74.9 cm³/mol. The number of nitrogens with one attached hydrogen (secondary N) is 3. The van der Waals surface area contributed by atoms with Crippen molar-refractivity contribution in [3.63, 3.8) is 0 Å². The number of sulfonamides is 1. The number of carbonyl (C=O) groups excluding carboxylic acids is 1. The van der Waals surface area contributed by atoms with Crippen LogP contribution < -0.4 is 15.4 Å². The standard InChI is InChI=1S/C11H23N3O5S/c1-3-4-6-9(10(15)16)14-11(17)12-7-5-8-13-20(2,18)19/h9,13H,3-8H2,1-2H3,(H,15,16)(H2,12,14,17). The molecule has 4 N–H and O–H groups in total. The summed E-state index contributed by atoms with van der Waals surface area (Å²) < 4.78 is 23.8. The lowest BCUT2D eigenvalue weighted by atomic mass is 10.1. The maximum absolute atomic E-state index is 11.5. The van der Waals surface area contributed by atoms with Crippen LogP contribution in [0.3, 0.4) is 0 Å². The number of hydrogen-bond acceptors (Lipinski definition) is 4. The topological polar surface area (TPSA) is 125 Å². The Balaban J connectivity index is 3.88. The number of urea groups is 1. The molecule has 0 bridgehead atoms. The lowest BCUT2D eigenvalue weighted by molar-refractivity contribution is -0.139. The van der Waals surface area contributed by atoms with Crippen molar-refractivity contribution in [2.45, 2.75) is 38.6 Å². The lowest BCUT2D eigenvalue weighted by Gasteiger charge is -2.14. The highest BCUT2D eigenvalue weighted by Crippen LogP contribution is 2.00. The van der Waals surface area contributed by atoms with Crippen LogP contribution in [0.5, 0.6) is 0 Å². The number of carboxylic acids is 1. The van der Waals surface area contributed by atoms with E-state index in [4.69, 9.17) is 5.11 Å². The number of amides is 2. The first-order valence-electron chi connectivity index (χ1n) is 6.48. The van der Waals surface area contributed by atoms with Crippen LogP contribution in [0.4, 0.5) is 4.79 Å². The second kappa shape index (κ2) is 9.54. The van der Waals surface area contributed by atoms with Crippen molar-refractivity contribution in [1.82, 2.24) is 15.4 Å². The molecule has 8 nitrogen and oxygen atoms in total. The van der Waals surface area contributed by atoms with Gasteiger partial charge >= 0.3 is 12.0 Å². The van der Waals surface area contributed by atoms with Gasteiger partial charge in [-0.25, -0.2) is 22.7 Å². The third-order valence-electron chi connectivity index (χ3n) is 2.45. The largest absolute Gasteiger partial charge is 0.480 e. The first kappa shape index (κ1) is 18.7. The molecule has 118 valence electrons. The highest BCUT2D eigenvalue weighted by Gasteiger charge is 2.18. The molecule has 0 aromatic rings. The fraction of sp³-hybridized carbons (Fsp3) is 0.818. The summed E-state index contributed by atoms with van der Waals surface area (Å²) >= 11 is 0. The van der Waals surface area contributed by atoms with Crippen LogP contribution in [0.2, 0.25) is 0 Å². The van der Waals surface area contributed by atoms with E-state index in [1.165, 1.54) is 0 Å². The molecule has 1 unspecified atom stereocenters. The van der Waals surface area contributed by atoms with Gasteiger partial charge in [0.05, 0.1) is 6.26 Å². The van der Waals surface area contributed by atoms with Gasteiger partial charge < -0.3 is 15.7 Å². The number of aliphatic carboxylic acids is 1. The van der Waals surface area contributed by atoms with Gasteiger partial charge in [0.25, 0.3) is 0 Å². The summed E-state index contributed by atoms with van der Waals surface area (Å²) in [7, 11) is -3.22. The van der Waals surface area contributed by atoms with Gasteiger partial charge in [-0.2, -0.15) is 0 Å². The molecule has 0 aromatic heterocycles. The summed E-state index contributed by atoms with van der Waals surface area (Å²) in [5.74, 6) is -1.06. The van der Waals surface area contributed by atoms with E-state index in [-0.39, 0.29) is 13.1 Å². The first-order chi connectivity index (χ1) is 9.26. The number of carboxylic acid groups (broad SMARTS) is 1. The second-order valence-electron chi connectivity index (χ2n) is 4.45. The molecular formula is C11H23N3O5S. The molecule has 9 heteroatoms. The van der Waals surface area contributed by atoms with Gasteiger partial charge in [0.1, 0.15) is 6.04 Å². The molecule has 0 aromatic carbocycles. The van der Waals surface area contributed by atoms with Crippen molar-refractivity contribution in [2.75, 3.05) is 19.3 Å². The van der Waals surface area contributed by atoms with Crippen molar-refractivity contribution in [2.24, 2.45) is 0 Å². The first-order valence-corrected chi connectivity index (χ1v) is 8.37. The van der Waals surface area contributed by atoms with Crippen LogP contribution in [-0.4, -0.2) is 50.9 Å². The number of carbonyl (C=O) groups is 2. The monoisotopic (exact) mass is 309 g/mol. The molecule has 2 amide bonds. The quantitative estimate of drug-likeness (QED) is 0.418. The van der Waals surface area contributed by atoms with E-state index in [2.05, 4.69) is 15.4 Å². The Morgan fingerprint density at radius 3 is 2.35 bits per heavy atom. The van der Waals surface area contributed by atoms with Crippen molar-refractivity contribution >= 4 is 22.0 Å². The van der Waals surface area contributed by atoms with E-state index in [1.54, 1.807) is 0 Å². The highest BCUT2D eigenvalue weighted by molar-refractivity contribution is 7.88. The van der Waals surface area contributed by atoms with Crippen molar-refractivity contribution in [3.8, 4) is 0 Å². The van der Waals surface area contributed by atoms with Gasteiger partial charge in [-0.3, -0.25) is 0 Å². The fourth-order valence-electron chi connectivity index (χ4n) is 1.42. The van der Waals surface area contributed by atoms with E-state index < -0.39 is 28.1 Å². The lowest BCUT2D eigenvalue weighted by Crippen LogP contribution is -2.46. The molecule has 0 saturated heterocycles. The van der Waals surface area contributed by atoms with E-state index in [0.29, 0.717) is 12.8 Å². The molecular weight excluding hydrogens is 286 g/mol. The van der Waals surface area contributed by atoms with Crippen LogP contribution in [0.15, 0.2) is 0 Å². The van der Waals surface area contributed by atoms with Crippen LogP contribution in [0.1, 0.15) is 32.6 Å². The molecule has 0 aliphatic carbocycles. The van der Waals surface area contributed by atoms with Crippen molar-refractivity contribution < 1.29 is 23.1 Å². The number of hydrogen-bond donors (Lipinski definition) is 4. The summed E-state index contributed by atoms with van der Waals surface area (Å²) in [6.45, 7) is 2.42. The molecule has 0 saturated carbocycles. The third kappa shape index (κ3) is 10.6. The smallest absolute Gasteiger partial charge is 0.326 e. The zero-order chi connectivity index (χ0) is 15.6. The summed E-state index contributed by atoms with van der Waals surface area (Å²) in [4.78, 5) is 22.4. The average molecular weight is 309 g/mol. The molecule has 0 aliphatic rings. The summed E-state index contributed by atoms with van der Waals surface area (Å²) in [5, 5.41) is 13.8. The van der Waals surface area contributed by atoms with Gasteiger partial charge in [-0.05, 0) is 12.8 Å². The molecule has 0 heterocycles. The van der Waals surface area contributed by atoms with E-state index in [1.807, 2.05) is 6.92 Å². The minimum Gasteiger partial charge on any atom is -0.480 e. The zero-order valence-corrected chi connectivity index (χ0v) is 12.6. The molecule has 0 rings (SSSR count). The van der Waals surface area contributed by atoms with Gasteiger partial charge in [-0.1, -0.05) is 19.8 Å². The molecule has 0 spiro atoms. The Bertz CT molecular complexity index is 410.